The van der Waals surface area contributed by atoms with Crippen LogP contribution in [0.15, 0.2) is 85.1 Å². The highest BCUT2D eigenvalue weighted by molar-refractivity contribution is 5.71. The van der Waals surface area contributed by atoms with Gasteiger partial charge in [0, 0.05) is 19.3 Å². The summed E-state index contributed by atoms with van der Waals surface area (Å²) in [4.78, 5) is 37.5. The highest BCUT2D eigenvalue weighted by Gasteiger charge is 2.19. The predicted molar refractivity (Wildman–Crippen MR) is 233 cm³/mol. The molecule has 0 fully saturated rings. The maximum Gasteiger partial charge on any atom is 0.306 e. The minimum absolute atomic E-state index is 0.104. The van der Waals surface area contributed by atoms with E-state index in [4.69, 9.17) is 14.2 Å². The van der Waals surface area contributed by atoms with Crippen molar-refractivity contribution in [2.24, 2.45) is 0 Å². The van der Waals surface area contributed by atoms with Crippen molar-refractivity contribution in [3.8, 4) is 0 Å². The third kappa shape index (κ3) is 41.6. The van der Waals surface area contributed by atoms with Gasteiger partial charge < -0.3 is 14.2 Å². The molecule has 6 nitrogen and oxygen atoms in total. The summed E-state index contributed by atoms with van der Waals surface area (Å²) in [6.07, 6.45) is 54.5. The maximum absolute atomic E-state index is 12.6. The molecule has 0 aromatic rings. The van der Waals surface area contributed by atoms with E-state index in [2.05, 4.69) is 106 Å². The maximum atomic E-state index is 12.6. The van der Waals surface area contributed by atoms with Crippen molar-refractivity contribution >= 4 is 17.9 Å². The molecule has 55 heavy (non-hydrogen) atoms. The van der Waals surface area contributed by atoms with E-state index in [1.54, 1.807) is 0 Å². The van der Waals surface area contributed by atoms with Gasteiger partial charge in [0.1, 0.15) is 13.2 Å². The molecular formula is C49H80O6. The minimum atomic E-state index is -0.805. The first kappa shape index (κ1) is 51.6. The molecule has 0 spiro atoms. The number of carbonyl (C=O) groups excluding carboxylic acids is 3. The van der Waals surface area contributed by atoms with Crippen LogP contribution >= 0.6 is 0 Å². The smallest absolute Gasteiger partial charge is 0.306 e. The van der Waals surface area contributed by atoms with Crippen molar-refractivity contribution in [1.82, 2.24) is 0 Å². The fourth-order valence-corrected chi connectivity index (χ4v) is 5.65. The van der Waals surface area contributed by atoms with Gasteiger partial charge in [0.05, 0.1) is 0 Å². The lowest BCUT2D eigenvalue weighted by Gasteiger charge is -2.18. The van der Waals surface area contributed by atoms with Crippen molar-refractivity contribution in [3.63, 3.8) is 0 Å². The van der Waals surface area contributed by atoms with Crippen LogP contribution in [0.4, 0.5) is 0 Å². The number of unbranched alkanes of at least 4 members (excludes halogenated alkanes) is 13. The number of carbonyl (C=O) groups is 3. The van der Waals surface area contributed by atoms with E-state index in [9.17, 15) is 14.4 Å². The molecule has 0 bridgehead atoms. The summed E-state index contributed by atoms with van der Waals surface area (Å²) in [6, 6.07) is 0. The highest BCUT2D eigenvalue weighted by Crippen LogP contribution is 2.13. The molecule has 0 aliphatic carbocycles. The predicted octanol–water partition coefficient (Wildman–Crippen LogP) is 14.1. The van der Waals surface area contributed by atoms with E-state index < -0.39 is 6.10 Å². The van der Waals surface area contributed by atoms with Crippen molar-refractivity contribution < 1.29 is 28.6 Å². The van der Waals surface area contributed by atoms with Crippen molar-refractivity contribution in [1.29, 1.82) is 0 Å². The van der Waals surface area contributed by atoms with Crippen LogP contribution in [0.5, 0.6) is 0 Å². The molecule has 0 heterocycles. The third-order valence-electron chi connectivity index (χ3n) is 8.88. The van der Waals surface area contributed by atoms with Gasteiger partial charge in [-0.3, -0.25) is 14.4 Å². The van der Waals surface area contributed by atoms with Crippen LogP contribution in [0.25, 0.3) is 0 Å². The molecule has 1 atom stereocenters. The van der Waals surface area contributed by atoms with Gasteiger partial charge in [0.15, 0.2) is 6.10 Å². The summed E-state index contributed by atoms with van der Waals surface area (Å²) in [7, 11) is 0. The fourth-order valence-electron chi connectivity index (χ4n) is 5.65. The number of rotatable bonds is 38. The van der Waals surface area contributed by atoms with E-state index >= 15 is 0 Å². The Bertz CT molecular complexity index is 1110. The number of allylic oxidation sites excluding steroid dienone is 14. The Kier molecular flexibility index (Phi) is 40.6. The van der Waals surface area contributed by atoms with Crippen LogP contribution in [0.3, 0.4) is 0 Å². The van der Waals surface area contributed by atoms with Gasteiger partial charge in [-0.25, -0.2) is 0 Å². The highest BCUT2D eigenvalue weighted by atomic mass is 16.6. The molecule has 0 N–H and O–H groups in total. The lowest BCUT2D eigenvalue weighted by atomic mass is 10.1. The monoisotopic (exact) mass is 765 g/mol. The standard InChI is InChI=1S/C49H80O6/c1-4-7-10-13-16-19-20-21-22-23-24-25-26-27-28-31-33-36-39-42-48(51)54-45-46(55-49(52)43-40-37-34-30-18-15-12-9-6-3)44-53-47(50)41-38-35-32-29-17-14-11-8-5-2/h7-12,16-19,21-22,29-30,46H,4-6,13-15,20,23-28,31-45H2,1-3H3/b10-7-,11-8-,12-9-,19-16-,22-21-,29-17-,30-18-. The summed E-state index contributed by atoms with van der Waals surface area (Å²) in [5.41, 5.74) is 0. The molecule has 6 heteroatoms. The first-order valence-electron chi connectivity index (χ1n) is 22.1. The number of ether oxygens (including phenoxy) is 3. The van der Waals surface area contributed by atoms with Gasteiger partial charge in [-0.05, 0) is 103 Å². The van der Waals surface area contributed by atoms with Gasteiger partial charge in [-0.2, -0.15) is 0 Å². The van der Waals surface area contributed by atoms with Gasteiger partial charge in [-0.15, -0.1) is 0 Å². The molecule has 0 aliphatic heterocycles. The largest absolute Gasteiger partial charge is 0.462 e. The van der Waals surface area contributed by atoms with Gasteiger partial charge in [0.25, 0.3) is 0 Å². The quantitative estimate of drug-likeness (QED) is 0.0270. The Balaban J connectivity index is 4.32. The van der Waals surface area contributed by atoms with E-state index in [-0.39, 0.29) is 37.5 Å². The topological polar surface area (TPSA) is 78.9 Å². The van der Waals surface area contributed by atoms with Crippen molar-refractivity contribution in [2.75, 3.05) is 13.2 Å². The number of hydrogen-bond acceptors (Lipinski definition) is 6. The molecule has 1 unspecified atom stereocenters. The zero-order valence-corrected chi connectivity index (χ0v) is 35.4. The second kappa shape index (κ2) is 43.3. The van der Waals surface area contributed by atoms with Crippen molar-refractivity contribution in [3.05, 3.63) is 85.1 Å². The van der Waals surface area contributed by atoms with E-state index in [0.29, 0.717) is 19.3 Å². The Hall–Kier alpha value is -3.41. The summed E-state index contributed by atoms with van der Waals surface area (Å²) >= 11 is 0. The lowest BCUT2D eigenvalue weighted by molar-refractivity contribution is -0.167. The zero-order valence-electron chi connectivity index (χ0n) is 35.4. The Morgan fingerprint density at radius 2 is 0.655 bits per heavy atom. The van der Waals surface area contributed by atoms with Crippen LogP contribution in [0.1, 0.15) is 188 Å². The normalized spacial score (nSPS) is 12.9. The van der Waals surface area contributed by atoms with Gasteiger partial charge >= 0.3 is 17.9 Å². The summed E-state index contributed by atoms with van der Waals surface area (Å²) in [5, 5.41) is 0. The van der Waals surface area contributed by atoms with Crippen LogP contribution in [-0.2, 0) is 28.6 Å². The Labute approximate surface area is 337 Å². The second-order valence-corrected chi connectivity index (χ2v) is 14.2. The third-order valence-corrected chi connectivity index (χ3v) is 8.88. The SMILES string of the molecule is CC/C=C\C/C=C\C/C=C\CCCCCCCCCCCC(=O)OCC(COC(=O)CCCC/C=C\C/C=C\CC)OC(=O)CCCC/C=C\C/C=C\CC. The molecule has 0 aromatic heterocycles. The van der Waals surface area contributed by atoms with Crippen LogP contribution in [-0.4, -0.2) is 37.2 Å². The Morgan fingerprint density at radius 1 is 0.364 bits per heavy atom. The molecule has 0 aliphatic rings. The Morgan fingerprint density at radius 3 is 1.05 bits per heavy atom. The summed E-state index contributed by atoms with van der Waals surface area (Å²) < 4.78 is 16.6. The molecule has 0 rings (SSSR count). The van der Waals surface area contributed by atoms with Crippen LogP contribution in [0.2, 0.25) is 0 Å². The van der Waals surface area contributed by atoms with E-state index in [1.165, 1.54) is 44.9 Å². The lowest BCUT2D eigenvalue weighted by Crippen LogP contribution is -2.30. The molecule has 312 valence electrons. The van der Waals surface area contributed by atoms with E-state index in [0.717, 1.165) is 96.3 Å². The minimum Gasteiger partial charge on any atom is -0.462 e. The first-order valence-corrected chi connectivity index (χ1v) is 22.1. The fraction of sp³-hybridized carbons (Fsp3) is 0.653. The molecular weight excluding hydrogens is 685 g/mol. The molecule has 0 aromatic carbocycles. The number of esters is 3. The average Bonchev–Trinajstić information content (AvgIpc) is 3.18. The summed E-state index contributed by atoms with van der Waals surface area (Å²) in [6.45, 7) is 6.18. The van der Waals surface area contributed by atoms with Gasteiger partial charge in [-0.1, -0.05) is 151 Å². The molecule has 0 radical (unpaired) electrons. The van der Waals surface area contributed by atoms with Crippen molar-refractivity contribution in [2.45, 2.75) is 194 Å². The van der Waals surface area contributed by atoms with Crippen LogP contribution in [0, 0.1) is 0 Å². The zero-order chi connectivity index (χ0) is 40.1. The first-order chi connectivity index (χ1) is 27.0. The second-order valence-electron chi connectivity index (χ2n) is 14.2. The molecule has 0 saturated carbocycles. The van der Waals surface area contributed by atoms with Gasteiger partial charge in [0.2, 0.25) is 0 Å². The summed E-state index contributed by atoms with van der Waals surface area (Å²) in [5.74, 6) is -0.996. The molecule has 0 amide bonds. The van der Waals surface area contributed by atoms with Crippen LogP contribution < -0.4 is 0 Å². The van der Waals surface area contributed by atoms with E-state index in [1.807, 2.05) is 0 Å². The number of hydrogen-bond donors (Lipinski definition) is 0. The molecule has 0 saturated heterocycles. The average molecular weight is 765 g/mol.